The number of hydrogen-bond donors (Lipinski definition) is 1. The molecule has 0 amide bonds. The molecular weight excluding hydrogens is 246 g/mol. The Morgan fingerprint density at radius 3 is 2.20 bits per heavy atom. The van der Waals surface area contributed by atoms with Gasteiger partial charge in [0.15, 0.2) is 0 Å². The molecule has 0 bridgehead atoms. The number of hydrogen-bond acceptors (Lipinski definition) is 3. The highest BCUT2D eigenvalue weighted by Gasteiger charge is 2.27. The Kier molecular flexibility index (Phi) is 7.32. The van der Waals surface area contributed by atoms with Crippen LogP contribution in [-0.2, 0) is 0 Å². The van der Waals surface area contributed by atoms with Gasteiger partial charge in [-0.15, -0.1) is 0 Å². The number of nitrogens with one attached hydrogen (secondary N) is 1. The lowest BCUT2D eigenvalue weighted by atomic mass is 9.97. The van der Waals surface area contributed by atoms with E-state index in [0.717, 1.165) is 12.0 Å². The average molecular weight is 281 g/mol. The standard InChI is InChI=1S/C17H35N3/c1-3-9-18-17(16-7-5-6-8-16)15-20-13-11-19(10-4-2)12-14-20/h16-18H,3-15H2,1-2H3. The van der Waals surface area contributed by atoms with E-state index in [9.17, 15) is 0 Å². The van der Waals surface area contributed by atoms with E-state index >= 15 is 0 Å². The molecule has 1 N–H and O–H groups in total. The van der Waals surface area contributed by atoms with Gasteiger partial charge in [-0.3, -0.25) is 4.90 Å². The Morgan fingerprint density at radius 1 is 0.950 bits per heavy atom. The first kappa shape index (κ1) is 16.3. The molecule has 0 aromatic rings. The smallest absolute Gasteiger partial charge is 0.0223 e. The molecule has 2 aliphatic rings. The van der Waals surface area contributed by atoms with E-state index in [0.29, 0.717) is 0 Å². The lowest BCUT2D eigenvalue weighted by Gasteiger charge is -2.38. The Hall–Kier alpha value is -0.120. The van der Waals surface area contributed by atoms with Crippen molar-refractivity contribution in [3.05, 3.63) is 0 Å². The van der Waals surface area contributed by atoms with Crippen molar-refractivity contribution in [2.45, 2.75) is 58.4 Å². The quantitative estimate of drug-likeness (QED) is 0.738. The molecule has 3 heteroatoms. The minimum absolute atomic E-state index is 0.746. The Bertz CT molecular complexity index is 243. The van der Waals surface area contributed by atoms with Gasteiger partial charge in [0.05, 0.1) is 0 Å². The van der Waals surface area contributed by atoms with E-state index in [2.05, 4.69) is 29.0 Å². The molecule has 1 atom stereocenters. The van der Waals surface area contributed by atoms with Gasteiger partial charge in [-0.2, -0.15) is 0 Å². The zero-order valence-corrected chi connectivity index (χ0v) is 13.7. The highest BCUT2D eigenvalue weighted by molar-refractivity contribution is 4.85. The van der Waals surface area contributed by atoms with E-state index < -0.39 is 0 Å². The maximum Gasteiger partial charge on any atom is 0.0223 e. The van der Waals surface area contributed by atoms with Crippen LogP contribution in [0.15, 0.2) is 0 Å². The Labute approximate surface area is 126 Å². The minimum atomic E-state index is 0.746. The van der Waals surface area contributed by atoms with Gasteiger partial charge < -0.3 is 10.2 Å². The van der Waals surface area contributed by atoms with Crippen molar-refractivity contribution in [3.8, 4) is 0 Å². The monoisotopic (exact) mass is 281 g/mol. The van der Waals surface area contributed by atoms with Crippen molar-refractivity contribution in [3.63, 3.8) is 0 Å². The molecule has 0 radical (unpaired) electrons. The third kappa shape index (κ3) is 5.01. The van der Waals surface area contributed by atoms with Crippen molar-refractivity contribution in [2.75, 3.05) is 45.8 Å². The first-order valence-corrected chi connectivity index (χ1v) is 9.01. The molecular formula is C17H35N3. The first-order chi connectivity index (χ1) is 9.83. The van der Waals surface area contributed by atoms with Crippen LogP contribution in [0.25, 0.3) is 0 Å². The number of rotatable bonds is 8. The predicted octanol–water partition coefficient (Wildman–Crippen LogP) is 2.57. The van der Waals surface area contributed by atoms with Gasteiger partial charge in [0, 0.05) is 38.8 Å². The number of nitrogens with zero attached hydrogens (tertiary/aromatic N) is 2. The summed E-state index contributed by atoms with van der Waals surface area (Å²) in [4.78, 5) is 5.33. The highest BCUT2D eigenvalue weighted by Crippen LogP contribution is 2.28. The molecule has 1 aliphatic heterocycles. The normalized spacial score (nSPS) is 24.3. The average Bonchev–Trinajstić information content (AvgIpc) is 3.00. The van der Waals surface area contributed by atoms with Gasteiger partial charge in [-0.1, -0.05) is 26.7 Å². The van der Waals surface area contributed by atoms with Gasteiger partial charge in [0.25, 0.3) is 0 Å². The summed E-state index contributed by atoms with van der Waals surface area (Å²) in [5.74, 6) is 0.940. The molecule has 0 aromatic carbocycles. The molecule has 0 aromatic heterocycles. The molecule has 1 aliphatic carbocycles. The van der Waals surface area contributed by atoms with Crippen LogP contribution in [0.1, 0.15) is 52.4 Å². The molecule has 1 unspecified atom stereocenters. The zero-order valence-electron chi connectivity index (χ0n) is 13.7. The van der Waals surface area contributed by atoms with E-state index in [1.165, 1.54) is 84.3 Å². The van der Waals surface area contributed by atoms with Crippen molar-refractivity contribution in [1.29, 1.82) is 0 Å². The van der Waals surface area contributed by atoms with Crippen LogP contribution < -0.4 is 5.32 Å². The largest absolute Gasteiger partial charge is 0.312 e. The van der Waals surface area contributed by atoms with Gasteiger partial charge in [-0.25, -0.2) is 0 Å². The SMILES string of the molecule is CCCNC(CN1CCN(CCC)CC1)C1CCCC1. The summed E-state index contributed by atoms with van der Waals surface area (Å²) < 4.78 is 0. The molecule has 1 heterocycles. The number of piperazine rings is 1. The van der Waals surface area contributed by atoms with Crippen LogP contribution in [-0.4, -0.2) is 61.7 Å². The second-order valence-corrected chi connectivity index (χ2v) is 6.75. The fourth-order valence-corrected chi connectivity index (χ4v) is 3.86. The second-order valence-electron chi connectivity index (χ2n) is 6.75. The van der Waals surface area contributed by atoms with Crippen molar-refractivity contribution >= 4 is 0 Å². The van der Waals surface area contributed by atoms with Crippen molar-refractivity contribution < 1.29 is 0 Å². The van der Waals surface area contributed by atoms with Gasteiger partial charge in [-0.05, 0) is 44.7 Å². The zero-order chi connectivity index (χ0) is 14.2. The molecule has 2 fully saturated rings. The van der Waals surface area contributed by atoms with Crippen LogP contribution in [0.2, 0.25) is 0 Å². The molecule has 3 nitrogen and oxygen atoms in total. The van der Waals surface area contributed by atoms with E-state index in [4.69, 9.17) is 0 Å². The summed E-state index contributed by atoms with van der Waals surface area (Å²) in [5.41, 5.74) is 0. The van der Waals surface area contributed by atoms with Crippen LogP contribution in [0, 0.1) is 5.92 Å². The van der Waals surface area contributed by atoms with E-state index in [1.807, 2.05) is 0 Å². The summed E-state index contributed by atoms with van der Waals surface area (Å²) in [6, 6.07) is 0.746. The molecule has 1 saturated carbocycles. The minimum Gasteiger partial charge on any atom is -0.312 e. The predicted molar refractivity (Wildman–Crippen MR) is 87.2 cm³/mol. The lowest BCUT2D eigenvalue weighted by molar-refractivity contribution is 0.114. The third-order valence-corrected chi connectivity index (χ3v) is 5.09. The van der Waals surface area contributed by atoms with Crippen LogP contribution in [0.3, 0.4) is 0 Å². The summed E-state index contributed by atoms with van der Waals surface area (Å²) >= 11 is 0. The molecule has 2 rings (SSSR count). The van der Waals surface area contributed by atoms with Crippen LogP contribution >= 0.6 is 0 Å². The maximum atomic E-state index is 3.84. The first-order valence-electron chi connectivity index (χ1n) is 9.01. The van der Waals surface area contributed by atoms with Gasteiger partial charge in [0.1, 0.15) is 0 Å². The summed E-state index contributed by atoms with van der Waals surface area (Å²) in [7, 11) is 0. The summed E-state index contributed by atoms with van der Waals surface area (Å²) in [6.07, 6.45) is 8.38. The summed E-state index contributed by atoms with van der Waals surface area (Å²) in [6.45, 7) is 13.4. The van der Waals surface area contributed by atoms with E-state index in [-0.39, 0.29) is 0 Å². The van der Waals surface area contributed by atoms with Gasteiger partial charge >= 0.3 is 0 Å². The Morgan fingerprint density at radius 2 is 1.60 bits per heavy atom. The van der Waals surface area contributed by atoms with Crippen molar-refractivity contribution in [2.24, 2.45) is 5.92 Å². The fraction of sp³-hybridized carbons (Fsp3) is 1.00. The second kappa shape index (κ2) is 9.01. The van der Waals surface area contributed by atoms with Crippen molar-refractivity contribution in [1.82, 2.24) is 15.1 Å². The van der Waals surface area contributed by atoms with Gasteiger partial charge in [0.2, 0.25) is 0 Å². The van der Waals surface area contributed by atoms with Crippen LogP contribution in [0.4, 0.5) is 0 Å². The molecule has 118 valence electrons. The van der Waals surface area contributed by atoms with E-state index in [1.54, 1.807) is 0 Å². The highest BCUT2D eigenvalue weighted by atomic mass is 15.3. The molecule has 0 spiro atoms. The van der Waals surface area contributed by atoms with Crippen LogP contribution in [0.5, 0.6) is 0 Å². The fourth-order valence-electron chi connectivity index (χ4n) is 3.86. The maximum absolute atomic E-state index is 3.84. The molecule has 20 heavy (non-hydrogen) atoms. The lowest BCUT2D eigenvalue weighted by Crippen LogP contribution is -2.52. The molecule has 1 saturated heterocycles. The Balaban J connectivity index is 1.75. The third-order valence-electron chi connectivity index (χ3n) is 5.09. The summed E-state index contributed by atoms with van der Waals surface area (Å²) in [5, 5.41) is 3.84. The topological polar surface area (TPSA) is 18.5 Å².